The fourth-order valence-electron chi connectivity index (χ4n) is 3.95. The minimum atomic E-state index is -3.13. The third-order valence-electron chi connectivity index (χ3n) is 5.75. The Balaban J connectivity index is 1.36. The summed E-state index contributed by atoms with van der Waals surface area (Å²) in [6, 6.07) is 5.57. The summed E-state index contributed by atoms with van der Waals surface area (Å²) < 4.78 is 27.9. The van der Waals surface area contributed by atoms with Gasteiger partial charge < -0.3 is 15.1 Å². The number of aromatic nitrogens is 2. The van der Waals surface area contributed by atoms with Crippen LogP contribution in [0.25, 0.3) is 0 Å². The molecule has 1 unspecified atom stereocenters. The lowest BCUT2D eigenvalue weighted by atomic mass is 10.0. The van der Waals surface area contributed by atoms with Gasteiger partial charge in [-0.05, 0) is 41.8 Å². The summed E-state index contributed by atoms with van der Waals surface area (Å²) >= 11 is 0. The van der Waals surface area contributed by atoms with Crippen LogP contribution in [0.3, 0.4) is 0 Å². The average Bonchev–Trinajstić information content (AvgIpc) is 3.26. The number of nitrogens with zero attached hydrogens (tertiary/aromatic N) is 4. The standard InChI is InChI=1S/C22H25F2N5O/c1-2-22(23,24)18-11-17-14-28(10-6-20(17)27-13-18)21(30)29-9-5-19(15-29)26-12-16-3-7-25-8-4-16/h2-4,7-8,11,13,19,26H,1,5-6,9-10,12,14-15H2. The highest BCUT2D eigenvalue weighted by atomic mass is 19.3. The quantitative estimate of drug-likeness (QED) is 0.766. The van der Waals surface area contributed by atoms with Crippen molar-refractivity contribution in [3.8, 4) is 0 Å². The summed E-state index contributed by atoms with van der Waals surface area (Å²) in [6.45, 7) is 6.10. The van der Waals surface area contributed by atoms with E-state index < -0.39 is 5.92 Å². The van der Waals surface area contributed by atoms with Crippen molar-refractivity contribution in [3.05, 3.63) is 71.8 Å². The molecule has 158 valence electrons. The van der Waals surface area contributed by atoms with Crippen LogP contribution in [0, 0.1) is 0 Å². The van der Waals surface area contributed by atoms with Crippen molar-refractivity contribution < 1.29 is 13.6 Å². The molecule has 0 aromatic carbocycles. The van der Waals surface area contributed by atoms with Crippen LogP contribution >= 0.6 is 0 Å². The van der Waals surface area contributed by atoms with Crippen molar-refractivity contribution in [2.45, 2.75) is 37.9 Å². The molecular weight excluding hydrogens is 388 g/mol. The first-order valence-corrected chi connectivity index (χ1v) is 10.1. The Labute approximate surface area is 174 Å². The number of allylic oxidation sites excluding steroid dienone is 1. The van der Waals surface area contributed by atoms with Gasteiger partial charge in [0.05, 0.1) is 0 Å². The highest BCUT2D eigenvalue weighted by Crippen LogP contribution is 2.31. The van der Waals surface area contributed by atoms with Gasteiger partial charge in [0.1, 0.15) is 0 Å². The van der Waals surface area contributed by atoms with E-state index in [1.165, 1.54) is 12.3 Å². The largest absolute Gasteiger partial charge is 0.323 e. The predicted molar refractivity (Wildman–Crippen MR) is 109 cm³/mol. The van der Waals surface area contributed by atoms with Gasteiger partial charge in [-0.3, -0.25) is 9.97 Å². The molecule has 0 aliphatic carbocycles. The van der Waals surface area contributed by atoms with Crippen LogP contribution < -0.4 is 5.32 Å². The fraction of sp³-hybridized carbons (Fsp3) is 0.409. The smallest absolute Gasteiger partial charge is 0.320 e. The molecule has 2 amide bonds. The van der Waals surface area contributed by atoms with E-state index in [4.69, 9.17) is 0 Å². The zero-order chi connectivity index (χ0) is 21.1. The minimum absolute atomic E-state index is 0.0465. The zero-order valence-corrected chi connectivity index (χ0v) is 16.7. The van der Waals surface area contributed by atoms with E-state index in [0.717, 1.165) is 24.2 Å². The monoisotopic (exact) mass is 413 g/mol. The number of rotatable bonds is 5. The SMILES string of the molecule is C=CC(F)(F)c1cnc2c(c1)CN(C(=O)N1CCC(NCc3ccncc3)C1)CC2. The predicted octanol–water partition coefficient (Wildman–Crippen LogP) is 3.10. The zero-order valence-electron chi connectivity index (χ0n) is 16.7. The molecule has 1 saturated heterocycles. The van der Waals surface area contributed by atoms with E-state index in [1.54, 1.807) is 17.3 Å². The first-order valence-electron chi connectivity index (χ1n) is 10.1. The van der Waals surface area contributed by atoms with Gasteiger partial charge in [0.2, 0.25) is 0 Å². The molecule has 4 rings (SSSR count). The van der Waals surface area contributed by atoms with Crippen molar-refractivity contribution in [1.82, 2.24) is 25.1 Å². The summed E-state index contributed by atoms with van der Waals surface area (Å²) in [5, 5.41) is 3.49. The molecule has 8 heteroatoms. The number of halogens is 2. The van der Waals surface area contributed by atoms with E-state index in [2.05, 4.69) is 21.9 Å². The molecule has 2 aromatic rings. The minimum Gasteiger partial charge on any atom is -0.323 e. The lowest BCUT2D eigenvalue weighted by Crippen LogP contribution is -2.45. The number of likely N-dealkylation sites (tertiary alicyclic amines) is 1. The lowest BCUT2D eigenvalue weighted by molar-refractivity contribution is 0.0519. The van der Waals surface area contributed by atoms with E-state index in [9.17, 15) is 13.6 Å². The van der Waals surface area contributed by atoms with Crippen LogP contribution in [-0.2, 0) is 25.4 Å². The maximum Gasteiger partial charge on any atom is 0.320 e. The number of amides is 2. The molecule has 6 nitrogen and oxygen atoms in total. The van der Waals surface area contributed by atoms with Crippen LogP contribution in [0.4, 0.5) is 13.6 Å². The number of alkyl halides is 2. The van der Waals surface area contributed by atoms with Crippen LogP contribution in [0.2, 0.25) is 0 Å². The Hall–Kier alpha value is -2.87. The van der Waals surface area contributed by atoms with E-state index >= 15 is 0 Å². The third-order valence-corrected chi connectivity index (χ3v) is 5.75. The second kappa shape index (κ2) is 8.47. The summed E-state index contributed by atoms with van der Waals surface area (Å²) in [7, 11) is 0. The number of urea groups is 1. The molecule has 4 heterocycles. The normalized spacial score (nSPS) is 18.9. The Morgan fingerprint density at radius 1 is 1.30 bits per heavy atom. The summed E-state index contributed by atoms with van der Waals surface area (Å²) in [5.41, 5.74) is 2.43. The third kappa shape index (κ3) is 4.33. The molecule has 1 atom stereocenters. The van der Waals surface area contributed by atoms with Crippen LogP contribution in [0.15, 0.2) is 49.4 Å². The molecule has 0 spiro atoms. The molecule has 1 N–H and O–H groups in total. The second-order valence-electron chi connectivity index (χ2n) is 7.78. The van der Waals surface area contributed by atoms with Gasteiger partial charge in [0.25, 0.3) is 5.92 Å². The van der Waals surface area contributed by atoms with Crippen molar-refractivity contribution in [2.24, 2.45) is 0 Å². The Bertz CT molecular complexity index is 921. The van der Waals surface area contributed by atoms with Crippen LogP contribution in [0.1, 0.15) is 28.8 Å². The lowest BCUT2D eigenvalue weighted by Gasteiger charge is -2.32. The Kier molecular flexibility index (Phi) is 5.76. The fourth-order valence-corrected chi connectivity index (χ4v) is 3.95. The summed E-state index contributed by atoms with van der Waals surface area (Å²) in [6.07, 6.45) is 6.81. The number of fused-ring (bicyclic) bond motifs is 1. The first kappa shape index (κ1) is 20.4. The second-order valence-corrected chi connectivity index (χ2v) is 7.78. The summed E-state index contributed by atoms with van der Waals surface area (Å²) in [5.74, 6) is -3.13. The van der Waals surface area contributed by atoms with Crippen molar-refractivity contribution in [3.63, 3.8) is 0 Å². The van der Waals surface area contributed by atoms with E-state index in [1.807, 2.05) is 17.0 Å². The van der Waals surface area contributed by atoms with Crippen LogP contribution in [-0.4, -0.2) is 51.5 Å². The number of hydrogen-bond acceptors (Lipinski definition) is 4. The molecule has 0 radical (unpaired) electrons. The maximum atomic E-state index is 13.9. The molecule has 0 saturated carbocycles. The highest BCUT2D eigenvalue weighted by Gasteiger charge is 2.33. The van der Waals surface area contributed by atoms with E-state index in [-0.39, 0.29) is 17.6 Å². The first-order chi connectivity index (χ1) is 14.5. The Morgan fingerprint density at radius 2 is 2.10 bits per heavy atom. The highest BCUT2D eigenvalue weighted by molar-refractivity contribution is 5.75. The average molecular weight is 413 g/mol. The number of nitrogens with one attached hydrogen (secondary N) is 1. The number of carbonyl (C=O) groups is 1. The molecular formula is C22H25F2N5O. The van der Waals surface area contributed by atoms with E-state index in [0.29, 0.717) is 44.2 Å². The van der Waals surface area contributed by atoms with Gasteiger partial charge in [-0.15, -0.1) is 0 Å². The molecule has 2 aliphatic rings. The molecule has 2 aliphatic heterocycles. The number of pyridine rings is 2. The van der Waals surface area contributed by atoms with Crippen molar-refractivity contribution >= 4 is 6.03 Å². The molecule has 0 bridgehead atoms. The molecule has 30 heavy (non-hydrogen) atoms. The van der Waals surface area contributed by atoms with Crippen molar-refractivity contribution in [1.29, 1.82) is 0 Å². The number of hydrogen-bond donors (Lipinski definition) is 1. The van der Waals surface area contributed by atoms with Crippen molar-refractivity contribution in [2.75, 3.05) is 19.6 Å². The summed E-state index contributed by atoms with van der Waals surface area (Å²) in [4.78, 5) is 24.8. The maximum absolute atomic E-state index is 13.9. The topological polar surface area (TPSA) is 61.4 Å². The number of carbonyl (C=O) groups excluding carboxylic acids is 1. The molecule has 2 aromatic heterocycles. The van der Waals surface area contributed by atoms with Crippen LogP contribution in [0.5, 0.6) is 0 Å². The Morgan fingerprint density at radius 3 is 2.87 bits per heavy atom. The van der Waals surface area contributed by atoms with Gasteiger partial charge in [-0.1, -0.05) is 6.58 Å². The van der Waals surface area contributed by atoms with Gasteiger partial charge in [0.15, 0.2) is 0 Å². The van der Waals surface area contributed by atoms with Gasteiger partial charge in [-0.25, -0.2) is 4.79 Å². The molecule has 1 fully saturated rings. The van der Waals surface area contributed by atoms with Gasteiger partial charge >= 0.3 is 6.03 Å². The van der Waals surface area contributed by atoms with Gasteiger partial charge in [0, 0.05) is 75.0 Å². The van der Waals surface area contributed by atoms with Gasteiger partial charge in [-0.2, -0.15) is 8.78 Å².